The summed E-state index contributed by atoms with van der Waals surface area (Å²) in [4.78, 5) is 105. The van der Waals surface area contributed by atoms with Crippen LogP contribution in [0.4, 0.5) is 39.7 Å². The van der Waals surface area contributed by atoms with Crippen LogP contribution in [0.3, 0.4) is 0 Å². The Balaban J connectivity index is 0.000000178. The minimum absolute atomic E-state index is 0.0128. The van der Waals surface area contributed by atoms with Crippen molar-refractivity contribution >= 4 is 64.6 Å². The molecule has 0 aliphatic carbocycles. The molecule has 5 amide bonds. The predicted molar refractivity (Wildman–Crippen MR) is 429 cm³/mol. The number of hydrogen-bond acceptors (Lipinski definition) is 24. The first-order valence-corrected chi connectivity index (χ1v) is 40.1. The summed E-state index contributed by atoms with van der Waals surface area (Å²) in [7, 11) is 0. The van der Waals surface area contributed by atoms with Gasteiger partial charge in [0.15, 0.2) is 0 Å². The fourth-order valence-corrected chi connectivity index (χ4v) is 14.6. The number of nitrogens with two attached hydrogens (primary N) is 5. The highest BCUT2D eigenvalue weighted by atomic mass is 16.6. The standard InChI is InChI=1S/C30H44N6O4.C27H39N7O4.C25H36N6O2/c1-5-6-17-39-28-33-26(31)24-18-25(37)36(27(24)34-28)20-23-9-7-22(8-10-23)19-35-15-12-21(13-16-35)11-14-32-29(38)40-30(2,3)4;1-2-3-14-37-27-31-25(28)22-15-24(36)34(26(22)32-27)17-21-6-4-20(5-7-21)16-33-12-9-19(10-13-33)8-11-30-23(35)18-38-29;1-2-3-14-33-25-28-23(27)21-15-22(32)31(24(21)29-25)17-20-6-4-19(5-7-20)16-30-12-9-18(8-11-26)10-13-30/h7-10,21H,5-6,11-20H2,1-4H3,(H,32,38)(H2,31,33,34);4-7,19H,2-3,8-18,29H2,1H3,(H,30,35)(H2,28,31,32);4-7,18H,2-3,8-17,26H2,1H3,(H2,27,28,29). The number of likely N-dealkylation sites (tertiary alicyclic amines) is 3. The summed E-state index contributed by atoms with van der Waals surface area (Å²) < 4.78 is 22.3. The van der Waals surface area contributed by atoms with E-state index in [0.29, 0.717) is 116 Å². The fraction of sp³-hybridized carbons (Fsp3) is 0.573. The third-order valence-electron chi connectivity index (χ3n) is 21.1. The van der Waals surface area contributed by atoms with E-state index in [1.54, 1.807) is 14.7 Å². The van der Waals surface area contributed by atoms with Crippen LogP contribution in [0, 0.1) is 17.8 Å². The molecule has 602 valence electrons. The van der Waals surface area contributed by atoms with Gasteiger partial charge in [-0.15, -0.1) is 0 Å². The molecule has 3 aromatic heterocycles. The number of ether oxygens (including phenoxy) is 4. The van der Waals surface area contributed by atoms with Gasteiger partial charge in [0.05, 0.1) is 58.7 Å². The first kappa shape index (κ1) is 84.1. The van der Waals surface area contributed by atoms with Crippen molar-refractivity contribution in [1.82, 2.24) is 55.2 Å². The smallest absolute Gasteiger partial charge is 0.407 e. The Labute approximate surface area is 654 Å². The number of amides is 5. The summed E-state index contributed by atoms with van der Waals surface area (Å²) in [6.45, 7) is 26.0. The van der Waals surface area contributed by atoms with Gasteiger partial charge < -0.3 is 52.5 Å². The van der Waals surface area contributed by atoms with Gasteiger partial charge in [-0.3, -0.25) is 53.4 Å². The summed E-state index contributed by atoms with van der Waals surface area (Å²) in [5.74, 6) is 9.30. The molecule has 9 heterocycles. The van der Waals surface area contributed by atoms with Crippen molar-refractivity contribution in [3.8, 4) is 18.0 Å². The lowest BCUT2D eigenvalue weighted by molar-refractivity contribution is -0.126. The molecule has 3 fully saturated rings. The van der Waals surface area contributed by atoms with E-state index in [1.807, 2.05) is 20.8 Å². The van der Waals surface area contributed by atoms with Gasteiger partial charge in [-0.05, 0) is 195 Å². The largest absolute Gasteiger partial charge is 0.463 e. The van der Waals surface area contributed by atoms with Crippen LogP contribution in [0.5, 0.6) is 18.0 Å². The molecule has 0 unspecified atom stereocenters. The maximum atomic E-state index is 12.8. The summed E-state index contributed by atoms with van der Waals surface area (Å²) >= 11 is 0. The number of piperidine rings is 3. The number of benzene rings is 3. The highest BCUT2D eigenvalue weighted by Crippen LogP contribution is 2.37. The van der Waals surface area contributed by atoms with Gasteiger partial charge in [0, 0.05) is 49.4 Å². The normalized spacial score (nSPS) is 16.4. The molecule has 111 heavy (non-hydrogen) atoms. The molecule has 29 heteroatoms. The van der Waals surface area contributed by atoms with Gasteiger partial charge in [-0.1, -0.05) is 113 Å². The number of carbonyl (C=O) groups excluding carboxylic acids is 5. The number of nitrogen functional groups attached to an aromatic ring is 3. The van der Waals surface area contributed by atoms with E-state index in [2.05, 4.69) is 154 Å². The van der Waals surface area contributed by atoms with Crippen molar-refractivity contribution < 1.29 is 47.8 Å². The number of aromatic nitrogens is 6. The van der Waals surface area contributed by atoms with E-state index in [-0.39, 0.29) is 73.6 Å². The van der Waals surface area contributed by atoms with Crippen LogP contribution >= 0.6 is 0 Å². The van der Waals surface area contributed by atoms with Crippen LogP contribution in [0.15, 0.2) is 72.8 Å². The highest BCUT2D eigenvalue weighted by Gasteiger charge is 2.36. The molecule has 0 atom stereocenters. The average molecular weight is 1530 g/mol. The Kier molecular flexibility index (Phi) is 31.6. The maximum absolute atomic E-state index is 12.8. The van der Waals surface area contributed by atoms with Crippen LogP contribution in [-0.2, 0) is 87.3 Å². The Bertz CT molecular complexity index is 3990. The van der Waals surface area contributed by atoms with E-state index in [4.69, 9.17) is 47.8 Å². The second-order valence-electron chi connectivity index (χ2n) is 31.0. The van der Waals surface area contributed by atoms with Crippen LogP contribution in [0.1, 0.15) is 188 Å². The average Bonchev–Trinajstić information content (AvgIpc) is 1.65. The van der Waals surface area contributed by atoms with E-state index in [0.717, 1.165) is 172 Å². The third-order valence-corrected chi connectivity index (χ3v) is 21.1. The second kappa shape index (κ2) is 41.8. The summed E-state index contributed by atoms with van der Waals surface area (Å²) in [6.07, 6.45) is 16.1. The minimum Gasteiger partial charge on any atom is -0.463 e. The molecule has 0 spiro atoms. The van der Waals surface area contributed by atoms with Crippen molar-refractivity contribution in [3.05, 3.63) is 123 Å². The number of hydrogen-bond donors (Lipinski definition) is 7. The van der Waals surface area contributed by atoms with E-state index in [1.165, 1.54) is 29.5 Å². The third kappa shape index (κ3) is 25.3. The molecule has 3 aromatic carbocycles. The number of nitrogens with zero attached hydrogens (tertiary/aromatic N) is 12. The minimum atomic E-state index is -0.471. The lowest BCUT2D eigenvalue weighted by Crippen LogP contribution is -2.36. The lowest BCUT2D eigenvalue weighted by Gasteiger charge is -2.32. The van der Waals surface area contributed by atoms with Gasteiger partial charge in [-0.2, -0.15) is 29.9 Å². The summed E-state index contributed by atoms with van der Waals surface area (Å²) in [6, 6.07) is 26.1. The molecule has 0 saturated carbocycles. The van der Waals surface area contributed by atoms with Crippen molar-refractivity contribution in [2.45, 2.75) is 202 Å². The Hall–Kier alpha value is -9.39. The molecule has 29 nitrogen and oxygen atoms in total. The fourth-order valence-electron chi connectivity index (χ4n) is 14.6. The number of nitrogens with one attached hydrogen (secondary N) is 2. The SMILES string of the molecule is CCCCOc1nc(N)c2c(n1)N(Cc1ccc(CN3CCC(CCN)CC3)cc1)C(=O)C2.CCCCOc1nc(N)c2c(n1)N(Cc1ccc(CN3CCC(CCNC(=O)CON)CC3)cc1)C(=O)C2.CCCCOc1nc(N)c2c(n1)N(Cc1ccc(CN3CCC(CCNC(=O)OC(C)(C)C)CC3)cc1)C(=O)C2. The summed E-state index contributed by atoms with van der Waals surface area (Å²) in [5.41, 5.74) is 32.5. The number of anilines is 6. The topological polar surface area (TPSA) is 382 Å². The van der Waals surface area contributed by atoms with Crippen LogP contribution in [-0.4, -0.2) is 165 Å². The van der Waals surface area contributed by atoms with Gasteiger partial charge in [0.25, 0.3) is 0 Å². The Morgan fingerprint density at radius 2 is 0.748 bits per heavy atom. The van der Waals surface area contributed by atoms with Crippen LogP contribution in [0.2, 0.25) is 0 Å². The number of rotatable bonds is 34. The van der Waals surface area contributed by atoms with E-state index in [9.17, 15) is 24.0 Å². The van der Waals surface area contributed by atoms with Crippen molar-refractivity contribution in [3.63, 3.8) is 0 Å². The number of fused-ring (bicyclic) bond motifs is 3. The summed E-state index contributed by atoms with van der Waals surface area (Å²) in [5, 5.41) is 5.71. The molecule has 0 bridgehead atoms. The molecule has 12 rings (SSSR count). The molecule has 6 aromatic rings. The number of carbonyl (C=O) groups is 5. The lowest BCUT2D eigenvalue weighted by atomic mass is 9.93. The van der Waals surface area contributed by atoms with Crippen molar-refractivity contribution in [2.24, 2.45) is 29.4 Å². The zero-order valence-corrected chi connectivity index (χ0v) is 66.2. The maximum Gasteiger partial charge on any atom is 0.407 e. The zero-order valence-electron chi connectivity index (χ0n) is 66.2. The van der Waals surface area contributed by atoms with Crippen molar-refractivity contribution in [1.29, 1.82) is 0 Å². The quantitative estimate of drug-likeness (QED) is 0.0146. The first-order chi connectivity index (χ1) is 53.6. The van der Waals surface area contributed by atoms with Crippen LogP contribution < -0.4 is 68.4 Å². The predicted octanol–water partition coefficient (Wildman–Crippen LogP) is 9.28. The number of unbranched alkanes of at least 4 members (excludes halogenated alkanes) is 3. The molecule has 6 aliphatic heterocycles. The van der Waals surface area contributed by atoms with Gasteiger partial charge >= 0.3 is 24.1 Å². The Morgan fingerprint density at radius 1 is 0.450 bits per heavy atom. The second-order valence-corrected chi connectivity index (χ2v) is 31.0. The van der Waals surface area contributed by atoms with Crippen molar-refractivity contribution in [2.75, 3.05) is 117 Å². The molecular formula is C82H119N19O10. The van der Waals surface area contributed by atoms with Gasteiger partial charge in [0.1, 0.15) is 47.1 Å². The first-order valence-electron chi connectivity index (χ1n) is 40.1. The van der Waals surface area contributed by atoms with Gasteiger partial charge in [-0.25, -0.2) is 10.7 Å². The van der Waals surface area contributed by atoms with E-state index < -0.39 is 5.60 Å². The van der Waals surface area contributed by atoms with Crippen LogP contribution in [0.25, 0.3) is 0 Å². The molecular weight excluding hydrogens is 1410 g/mol. The Morgan fingerprint density at radius 3 is 1.04 bits per heavy atom. The highest BCUT2D eigenvalue weighted by molar-refractivity contribution is 6.03. The molecule has 3 saturated heterocycles. The molecule has 6 aliphatic rings. The molecule has 12 N–H and O–H groups in total. The molecule has 0 radical (unpaired) electrons. The zero-order chi connectivity index (χ0) is 78.8. The van der Waals surface area contributed by atoms with E-state index >= 15 is 0 Å². The monoisotopic (exact) mass is 1530 g/mol. The van der Waals surface area contributed by atoms with Gasteiger partial charge in [0.2, 0.25) is 23.6 Å². The number of alkyl carbamates (subject to hydrolysis) is 1.